The van der Waals surface area contributed by atoms with Gasteiger partial charge in [-0.2, -0.15) is 0 Å². The first-order valence-electron chi connectivity index (χ1n) is 9.16. The van der Waals surface area contributed by atoms with E-state index in [1.54, 1.807) is 6.33 Å². The topological polar surface area (TPSA) is 71.8 Å². The van der Waals surface area contributed by atoms with Crippen molar-refractivity contribution in [1.29, 1.82) is 0 Å². The average Bonchev–Trinajstić information content (AvgIpc) is 3.11. The number of aryl methyl sites for hydroxylation is 1. The maximum Gasteiger partial charge on any atom is 0.224 e. The molecule has 0 spiro atoms. The first-order valence-corrected chi connectivity index (χ1v) is 9.16. The number of nitrogens with one attached hydrogen (secondary N) is 2. The molecule has 3 rings (SSSR count). The first-order chi connectivity index (χ1) is 12.2. The van der Waals surface area contributed by atoms with Gasteiger partial charge in [0.15, 0.2) is 5.82 Å². The number of piperidine rings is 1. The van der Waals surface area contributed by atoms with Gasteiger partial charge in [0.25, 0.3) is 0 Å². The number of rotatable bonds is 6. The van der Waals surface area contributed by atoms with Crippen LogP contribution in [0, 0.1) is 11.8 Å². The van der Waals surface area contributed by atoms with Gasteiger partial charge in [-0.3, -0.25) is 4.79 Å². The van der Waals surface area contributed by atoms with E-state index in [2.05, 4.69) is 34.7 Å². The van der Waals surface area contributed by atoms with Crippen LogP contribution in [0.4, 0.5) is 5.69 Å². The highest BCUT2D eigenvalue weighted by Gasteiger charge is 2.22. The second kappa shape index (κ2) is 11.3. The van der Waals surface area contributed by atoms with Gasteiger partial charge in [0.05, 0.1) is 0 Å². The maximum atomic E-state index is 12.4. The Balaban J connectivity index is 0.00000182. The van der Waals surface area contributed by atoms with Crippen LogP contribution >= 0.6 is 24.8 Å². The third-order valence-corrected chi connectivity index (χ3v) is 5.06. The number of aromatic nitrogens is 3. The molecule has 2 N–H and O–H groups in total. The zero-order chi connectivity index (χ0) is 17.6. The lowest BCUT2D eigenvalue weighted by molar-refractivity contribution is -0.117. The summed E-state index contributed by atoms with van der Waals surface area (Å²) in [5.41, 5.74) is 1.77. The lowest BCUT2D eigenvalue weighted by atomic mass is 9.84. The molecular formula is C19H29Cl2N5O. The largest absolute Gasteiger partial charge is 0.326 e. The summed E-state index contributed by atoms with van der Waals surface area (Å²) in [5.74, 6) is 1.96. The molecule has 8 heteroatoms. The molecule has 27 heavy (non-hydrogen) atoms. The molecule has 1 saturated heterocycles. The number of benzene rings is 1. The zero-order valence-electron chi connectivity index (χ0n) is 15.9. The van der Waals surface area contributed by atoms with E-state index in [4.69, 9.17) is 0 Å². The van der Waals surface area contributed by atoms with Crippen LogP contribution in [0.3, 0.4) is 0 Å². The van der Waals surface area contributed by atoms with E-state index in [1.807, 2.05) is 28.8 Å². The predicted octanol–water partition coefficient (Wildman–Crippen LogP) is 3.77. The third kappa shape index (κ3) is 6.19. The molecule has 1 aromatic carbocycles. The summed E-state index contributed by atoms with van der Waals surface area (Å²) in [6, 6.07) is 7.81. The molecule has 6 nitrogen and oxygen atoms in total. The van der Waals surface area contributed by atoms with E-state index in [1.165, 1.54) is 0 Å². The molecule has 150 valence electrons. The van der Waals surface area contributed by atoms with Gasteiger partial charge in [-0.25, -0.2) is 0 Å². The van der Waals surface area contributed by atoms with Crippen LogP contribution in [-0.4, -0.2) is 33.8 Å². The second-order valence-corrected chi connectivity index (χ2v) is 6.84. The quantitative estimate of drug-likeness (QED) is 0.755. The minimum Gasteiger partial charge on any atom is -0.326 e. The van der Waals surface area contributed by atoms with Crippen molar-refractivity contribution in [3.05, 3.63) is 30.6 Å². The number of carbonyl (C=O) groups excluding carboxylic acids is 1. The molecule has 2 aromatic rings. The van der Waals surface area contributed by atoms with E-state index in [9.17, 15) is 4.79 Å². The van der Waals surface area contributed by atoms with Gasteiger partial charge in [-0.15, -0.1) is 35.0 Å². The van der Waals surface area contributed by atoms with E-state index in [0.29, 0.717) is 18.3 Å². The van der Waals surface area contributed by atoms with Crippen molar-refractivity contribution in [3.63, 3.8) is 0 Å². The smallest absolute Gasteiger partial charge is 0.224 e. The molecule has 1 aromatic heterocycles. The van der Waals surface area contributed by atoms with E-state index in [0.717, 1.165) is 49.6 Å². The molecule has 1 atom stereocenters. The Hall–Kier alpha value is -1.63. The molecule has 1 aliphatic rings. The first kappa shape index (κ1) is 23.4. The Morgan fingerprint density at radius 2 is 2.07 bits per heavy atom. The minimum atomic E-state index is 0. The molecule has 1 unspecified atom stereocenters. The number of amides is 1. The Labute approximate surface area is 173 Å². The molecule has 1 amide bonds. The SMILES string of the molecule is CCn1cnnc1-c1cccc(NC(=O)CC(C)C2CCNCC2)c1.Cl.Cl. The lowest BCUT2D eigenvalue weighted by Crippen LogP contribution is -2.32. The van der Waals surface area contributed by atoms with Crippen molar-refractivity contribution < 1.29 is 4.79 Å². The van der Waals surface area contributed by atoms with Crippen molar-refractivity contribution in [2.24, 2.45) is 11.8 Å². The fourth-order valence-electron chi connectivity index (χ4n) is 3.53. The monoisotopic (exact) mass is 413 g/mol. The van der Waals surface area contributed by atoms with Crippen molar-refractivity contribution in [2.45, 2.75) is 39.7 Å². The second-order valence-electron chi connectivity index (χ2n) is 6.84. The summed E-state index contributed by atoms with van der Waals surface area (Å²) in [6.07, 6.45) is 4.62. The van der Waals surface area contributed by atoms with Gasteiger partial charge in [0.1, 0.15) is 6.33 Å². The number of anilines is 1. The van der Waals surface area contributed by atoms with Gasteiger partial charge in [-0.05, 0) is 56.8 Å². The Morgan fingerprint density at radius 1 is 1.33 bits per heavy atom. The lowest BCUT2D eigenvalue weighted by Gasteiger charge is -2.27. The molecule has 1 fully saturated rings. The fraction of sp³-hybridized carbons (Fsp3) is 0.526. The van der Waals surface area contributed by atoms with Crippen LogP contribution in [0.25, 0.3) is 11.4 Å². The number of nitrogens with zero attached hydrogens (tertiary/aromatic N) is 3. The molecule has 0 saturated carbocycles. The highest BCUT2D eigenvalue weighted by atomic mass is 35.5. The average molecular weight is 414 g/mol. The van der Waals surface area contributed by atoms with Crippen LogP contribution in [0.15, 0.2) is 30.6 Å². The van der Waals surface area contributed by atoms with E-state index in [-0.39, 0.29) is 30.7 Å². The molecular weight excluding hydrogens is 385 g/mol. The maximum absolute atomic E-state index is 12.4. The summed E-state index contributed by atoms with van der Waals surface area (Å²) in [6.45, 7) is 7.19. The van der Waals surface area contributed by atoms with Crippen molar-refractivity contribution in [3.8, 4) is 11.4 Å². The van der Waals surface area contributed by atoms with Crippen LogP contribution in [0.1, 0.15) is 33.1 Å². The molecule has 1 aliphatic heterocycles. The Kier molecular flexibility index (Phi) is 9.77. The van der Waals surface area contributed by atoms with Crippen LogP contribution in [-0.2, 0) is 11.3 Å². The molecule has 0 radical (unpaired) electrons. The van der Waals surface area contributed by atoms with Gasteiger partial charge in [-0.1, -0.05) is 19.1 Å². The summed E-state index contributed by atoms with van der Waals surface area (Å²) < 4.78 is 1.99. The number of hydrogen-bond donors (Lipinski definition) is 2. The third-order valence-electron chi connectivity index (χ3n) is 5.06. The van der Waals surface area contributed by atoms with Gasteiger partial charge < -0.3 is 15.2 Å². The van der Waals surface area contributed by atoms with Gasteiger partial charge in [0.2, 0.25) is 5.91 Å². The van der Waals surface area contributed by atoms with Crippen LogP contribution < -0.4 is 10.6 Å². The highest BCUT2D eigenvalue weighted by Crippen LogP contribution is 2.25. The summed E-state index contributed by atoms with van der Waals surface area (Å²) >= 11 is 0. The number of halogens is 2. The minimum absolute atomic E-state index is 0. The highest BCUT2D eigenvalue weighted by molar-refractivity contribution is 5.91. The van der Waals surface area contributed by atoms with Crippen LogP contribution in [0.5, 0.6) is 0 Å². The summed E-state index contributed by atoms with van der Waals surface area (Å²) in [4.78, 5) is 12.4. The zero-order valence-corrected chi connectivity index (χ0v) is 17.5. The van der Waals surface area contributed by atoms with Crippen LogP contribution in [0.2, 0.25) is 0 Å². The van der Waals surface area contributed by atoms with E-state index >= 15 is 0 Å². The predicted molar refractivity (Wildman–Crippen MR) is 114 cm³/mol. The molecule has 2 heterocycles. The number of hydrogen-bond acceptors (Lipinski definition) is 4. The standard InChI is InChI=1S/C19H27N5O.2ClH/c1-3-24-13-21-23-19(24)16-5-4-6-17(12-16)22-18(25)11-14(2)15-7-9-20-10-8-15;;/h4-6,12-15,20H,3,7-11H2,1-2H3,(H,22,25);2*1H. The van der Waals surface area contributed by atoms with Crippen molar-refractivity contribution in [1.82, 2.24) is 20.1 Å². The van der Waals surface area contributed by atoms with Crippen molar-refractivity contribution >= 4 is 36.4 Å². The molecule has 0 aliphatic carbocycles. The van der Waals surface area contributed by atoms with Gasteiger partial charge in [0, 0.05) is 24.2 Å². The Morgan fingerprint density at radius 3 is 2.78 bits per heavy atom. The fourth-order valence-corrected chi connectivity index (χ4v) is 3.53. The molecule has 0 bridgehead atoms. The Bertz CT molecular complexity index is 716. The van der Waals surface area contributed by atoms with Gasteiger partial charge >= 0.3 is 0 Å². The number of carbonyl (C=O) groups is 1. The summed E-state index contributed by atoms with van der Waals surface area (Å²) in [5, 5.41) is 14.6. The van der Waals surface area contributed by atoms with Crippen molar-refractivity contribution in [2.75, 3.05) is 18.4 Å². The van der Waals surface area contributed by atoms with E-state index < -0.39 is 0 Å². The summed E-state index contributed by atoms with van der Waals surface area (Å²) in [7, 11) is 0. The normalized spacial score (nSPS) is 15.3.